The van der Waals surface area contributed by atoms with E-state index >= 15 is 0 Å². The minimum absolute atomic E-state index is 1.02. The third-order valence-corrected chi connectivity index (χ3v) is 31.7. The van der Waals surface area contributed by atoms with Crippen LogP contribution in [0.25, 0.3) is 0 Å². The second kappa shape index (κ2) is 56.5. The van der Waals surface area contributed by atoms with Crippen molar-refractivity contribution in [1.82, 2.24) is 0 Å². The molecule has 0 fully saturated rings. The molecule has 0 amide bonds. The van der Waals surface area contributed by atoms with Crippen LogP contribution in [0.5, 0.6) is 0 Å². The maximum Gasteiger partial charge on any atom is -0.00202 e. The molecule has 0 heteroatoms. The number of rotatable bonds is 38. The fourth-order valence-electron chi connectivity index (χ4n) is 21.9. The highest BCUT2D eigenvalue weighted by atomic mass is 14.3. The molecule has 143 heavy (non-hydrogen) atoms. The van der Waals surface area contributed by atoms with E-state index in [0.29, 0.717) is 0 Å². The molecule has 0 radical (unpaired) electrons. The minimum Gasteiger partial charge on any atom is -0.0613 e. The molecule has 0 aromatic heterocycles. The second-order valence-electron chi connectivity index (χ2n) is 40.4. The fourth-order valence-corrected chi connectivity index (χ4v) is 21.9. The first-order chi connectivity index (χ1) is 69.4. The Morgan fingerprint density at radius 2 is 0.301 bits per heavy atom. The first-order valence-corrected chi connectivity index (χ1v) is 55.8. The van der Waals surface area contributed by atoms with Crippen molar-refractivity contribution in [2.45, 2.75) is 353 Å². The summed E-state index contributed by atoms with van der Waals surface area (Å²) in [6.45, 7) is 56.9. The summed E-state index contributed by atoms with van der Waals surface area (Å²) >= 11 is 0. The summed E-state index contributed by atoms with van der Waals surface area (Å²) in [5, 5.41) is 0. The van der Waals surface area contributed by atoms with Gasteiger partial charge >= 0.3 is 0 Å². The molecule has 0 unspecified atom stereocenters. The summed E-state index contributed by atoms with van der Waals surface area (Å²) in [7, 11) is 0. The molecule has 0 atom stereocenters. The summed E-state index contributed by atoms with van der Waals surface area (Å²) in [6.07, 6.45) is 30.2. The lowest BCUT2D eigenvalue weighted by atomic mass is 9.81. The molecule has 15 aromatic rings. The molecule has 15 rings (SSSR count). The van der Waals surface area contributed by atoms with Gasteiger partial charge in [0.15, 0.2) is 0 Å². The van der Waals surface area contributed by atoms with E-state index < -0.39 is 0 Å². The Morgan fingerprint density at radius 1 is 0.105 bits per heavy atom. The van der Waals surface area contributed by atoms with Gasteiger partial charge in [0, 0.05) is 0 Å². The molecule has 0 heterocycles. The van der Waals surface area contributed by atoms with E-state index in [1.807, 2.05) is 0 Å². The molecule has 0 saturated heterocycles. The monoisotopic (exact) mass is 1890 g/mol. The summed E-state index contributed by atoms with van der Waals surface area (Å²) in [6, 6.07) is 104. The van der Waals surface area contributed by atoms with Crippen LogP contribution >= 0.6 is 0 Å². The molecule has 0 N–H and O–H groups in total. The molecule has 15 aromatic carbocycles. The van der Waals surface area contributed by atoms with Gasteiger partial charge in [0.05, 0.1) is 0 Å². The Balaban J connectivity index is 0.000000171. The van der Waals surface area contributed by atoms with Gasteiger partial charge in [0.2, 0.25) is 0 Å². The maximum atomic E-state index is 2.50. The lowest BCUT2D eigenvalue weighted by Gasteiger charge is -2.24. The van der Waals surface area contributed by atoms with Crippen molar-refractivity contribution < 1.29 is 0 Å². The SMILES string of the molecule is CCc1ccc(Cc2c(C)c(CC)c(Cc3ccc(CC)cc3)c(C)c2CC)cc1.CCc1ccc(Cc2cc(C)c(Cc3ccc(CC)cc3)c(CC)c2CC)cc1.CCc1ccc(Cc2cc(CC)c(Cc3ccc(CC)cc3)c(C)c2C)cc1.CCc1ccc(Cc2cc(CC)c(Cc3ccc(CC)cc3)c(C)c2CC)cc1.CCc1ccc(Cc2ccc(Cc3ccc(CC)cc3)c(CC)c2C)cc1. The Labute approximate surface area is 870 Å². The summed E-state index contributed by atoms with van der Waals surface area (Å²) < 4.78 is 0. The highest BCUT2D eigenvalue weighted by molar-refractivity contribution is 5.57. The third-order valence-electron chi connectivity index (χ3n) is 31.7. The van der Waals surface area contributed by atoms with Crippen LogP contribution < -0.4 is 0 Å². The van der Waals surface area contributed by atoms with Crippen LogP contribution in [-0.2, 0) is 180 Å². The largest absolute Gasteiger partial charge is 0.0613 e. The standard InChI is InChI=1S/C30H38.2C29H36.C28H34.C27H32/c1-7-23-11-15-25(16-12-23)19-29-21(5)28(10-4)30(22(6)27(29)9-3)20-26-17-13-24(8-2)14-18-26;1-6-22-10-14-24(15-11-22)18-27-20-26(8-3)29(21(5)28(27)9-4)19-25-16-12-23(7-2)13-17-25;1-6-22-10-14-24(15-11-22)19-26-18-21(5)29(28(9-4)27(26)8-3)20-25-16-12-23(7-2)13-17-25;1-6-22-9-13-24(14-10-22)17-27-19-26(8-3)28(21(5)20(27)4)18-25-15-11-23(7-2)12-16-25;1-5-21-8-12-23(13-9-21)18-25-16-17-26(27(7-3)20(25)4)19-24-14-10-22(6-2)11-15-24/h11-18H,7-10,19-20H2,1-6H3;10-17,20H,6-9,18-19H2,1-5H3;10-18H,6-9,19-20H2,1-5H3;9-16,19H,6-8,17-18H2,1-5H3;8-17H,5-7,18-19H2,1-4H3. The summed E-state index contributed by atoms with van der Waals surface area (Å²) in [5.41, 5.74) is 66.2. The Bertz CT molecular complexity index is 6280. The lowest BCUT2D eigenvalue weighted by molar-refractivity contribution is 0.945. The molecular weight excluding hydrogens is 1720 g/mol. The van der Waals surface area contributed by atoms with Gasteiger partial charge in [-0.05, 0) is 479 Å². The van der Waals surface area contributed by atoms with Crippen molar-refractivity contribution >= 4 is 0 Å². The first kappa shape index (κ1) is 112. The van der Waals surface area contributed by atoms with Gasteiger partial charge in [0.1, 0.15) is 0 Å². The molecule has 0 aliphatic heterocycles. The molecule has 0 nitrogen and oxygen atoms in total. The normalized spacial score (nSPS) is 11.1. The zero-order valence-corrected chi connectivity index (χ0v) is 93.3. The Morgan fingerprint density at radius 3 is 0.566 bits per heavy atom. The van der Waals surface area contributed by atoms with E-state index in [-0.39, 0.29) is 0 Å². The van der Waals surface area contributed by atoms with Gasteiger partial charge in [-0.25, -0.2) is 0 Å². The second-order valence-corrected chi connectivity index (χ2v) is 40.4. The van der Waals surface area contributed by atoms with Gasteiger partial charge in [-0.3, -0.25) is 0 Å². The van der Waals surface area contributed by atoms with Crippen molar-refractivity contribution in [2.24, 2.45) is 0 Å². The highest BCUT2D eigenvalue weighted by Gasteiger charge is 2.23. The van der Waals surface area contributed by atoms with Crippen LogP contribution in [-0.4, -0.2) is 0 Å². The molecule has 0 aliphatic carbocycles. The Hall–Kier alpha value is -11.7. The predicted octanol–water partition coefficient (Wildman–Crippen LogP) is 36.6. The maximum absolute atomic E-state index is 2.50. The quantitative estimate of drug-likeness (QED) is 0.0362. The molecule has 0 spiro atoms. The number of hydrogen-bond acceptors (Lipinski definition) is 0. The van der Waals surface area contributed by atoms with Crippen molar-refractivity contribution in [1.29, 1.82) is 0 Å². The van der Waals surface area contributed by atoms with Gasteiger partial charge in [0.25, 0.3) is 0 Å². The molecular formula is C143H176. The zero-order valence-electron chi connectivity index (χ0n) is 93.3. The van der Waals surface area contributed by atoms with E-state index in [2.05, 4.69) is 446 Å². The minimum atomic E-state index is 1.02. The van der Waals surface area contributed by atoms with Crippen LogP contribution in [0.3, 0.4) is 0 Å². The van der Waals surface area contributed by atoms with E-state index in [0.717, 1.165) is 180 Å². The molecule has 0 aliphatic rings. The van der Waals surface area contributed by atoms with Crippen molar-refractivity contribution in [3.63, 3.8) is 0 Å². The van der Waals surface area contributed by atoms with Crippen LogP contribution in [0.4, 0.5) is 0 Å². The van der Waals surface area contributed by atoms with Gasteiger partial charge in [-0.2, -0.15) is 0 Å². The highest BCUT2D eigenvalue weighted by Crippen LogP contribution is 2.37. The van der Waals surface area contributed by atoms with Crippen molar-refractivity contribution in [2.75, 3.05) is 0 Å². The van der Waals surface area contributed by atoms with Crippen LogP contribution in [0.15, 0.2) is 273 Å². The number of hydrogen-bond donors (Lipinski definition) is 0. The molecule has 0 bridgehead atoms. The van der Waals surface area contributed by atoms with Crippen LogP contribution in [0.2, 0.25) is 0 Å². The molecule has 0 saturated carbocycles. The van der Waals surface area contributed by atoms with Crippen LogP contribution in [0, 0.1) is 48.5 Å². The number of benzene rings is 15. The number of aryl methyl sites for hydroxylation is 13. The Kier molecular flexibility index (Phi) is 44.1. The van der Waals surface area contributed by atoms with Crippen molar-refractivity contribution in [3.05, 3.63) is 523 Å². The topological polar surface area (TPSA) is 0 Å². The predicted molar refractivity (Wildman–Crippen MR) is 627 cm³/mol. The van der Waals surface area contributed by atoms with E-state index in [4.69, 9.17) is 0 Å². The average molecular weight is 1890 g/mol. The smallest absolute Gasteiger partial charge is 0.00202 e. The average Bonchev–Trinajstić information content (AvgIpc) is 0.770. The third kappa shape index (κ3) is 30.5. The van der Waals surface area contributed by atoms with E-state index in [1.165, 1.54) is 200 Å². The van der Waals surface area contributed by atoms with E-state index in [1.54, 1.807) is 50.1 Å². The first-order valence-electron chi connectivity index (χ1n) is 55.8. The van der Waals surface area contributed by atoms with E-state index in [9.17, 15) is 0 Å². The van der Waals surface area contributed by atoms with Crippen molar-refractivity contribution in [3.8, 4) is 0 Å². The van der Waals surface area contributed by atoms with Gasteiger partial charge in [-0.1, -0.05) is 398 Å². The fraction of sp³-hybridized carbons (Fsp3) is 0.371. The zero-order chi connectivity index (χ0) is 103. The summed E-state index contributed by atoms with van der Waals surface area (Å²) in [4.78, 5) is 0. The molecule has 748 valence electrons. The summed E-state index contributed by atoms with van der Waals surface area (Å²) in [5.74, 6) is 0. The lowest BCUT2D eigenvalue weighted by Crippen LogP contribution is -2.10. The van der Waals surface area contributed by atoms with Gasteiger partial charge < -0.3 is 0 Å². The van der Waals surface area contributed by atoms with Crippen LogP contribution in [0.1, 0.15) is 375 Å². The van der Waals surface area contributed by atoms with Gasteiger partial charge in [-0.15, -0.1) is 0 Å².